The molecule has 164 valence electrons. The van der Waals surface area contributed by atoms with Crippen LogP contribution in [0, 0.1) is 17.8 Å². The van der Waals surface area contributed by atoms with E-state index in [1.165, 1.54) is 0 Å². The van der Waals surface area contributed by atoms with Gasteiger partial charge in [-0.25, -0.2) is 0 Å². The first-order chi connectivity index (χ1) is 15.0. The quantitative estimate of drug-likeness (QED) is 0.746. The standard InChI is InChI=1S/C26H33N3O2/c1-19(2)25(30)27-24(20-9-5-3-6-10-20)13-14-28-15-22-17-29(18-23(22)16-28)26(31)21-11-7-4-8-12-21/h3-12,19,22-24H,13-18H2,1-2H3,(H,27,30)/t22-,23+,24-/m0/s1. The Hall–Kier alpha value is -2.66. The molecule has 0 saturated carbocycles. The third-order valence-corrected chi connectivity index (χ3v) is 6.65. The number of carbonyl (C=O) groups is 2. The lowest BCUT2D eigenvalue weighted by molar-refractivity contribution is -0.124. The van der Waals surface area contributed by atoms with E-state index in [2.05, 4.69) is 22.3 Å². The van der Waals surface area contributed by atoms with Gasteiger partial charge in [0.1, 0.15) is 0 Å². The second-order valence-electron chi connectivity index (χ2n) is 9.27. The number of rotatable bonds is 7. The number of hydrogen-bond donors (Lipinski definition) is 1. The number of nitrogens with one attached hydrogen (secondary N) is 1. The summed E-state index contributed by atoms with van der Waals surface area (Å²) in [4.78, 5) is 29.6. The van der Waals surface area contributed by atoms with E-state index in [1.807, 2.05) is 67.3 Å². The monoisotopic (exact) mass is 419 g/mol. The average molecular weight is 420 g/mol. The van der Waals surface area contributed by atoms with Crippen LogP contribution in [-0.4, -0.2) is 54.3 Å². The maximum Gasteiger partial charge on any atom is 0.253 e. The molecule has 2 fully saturated rings. The number of hydrogen-bond acceptors (Lipinski definition) is 3. The highest BCUT2D eigenvalue weighted by molar-refractivity contribution is 5.94. The van der Waals surface area contributed by atoms with Gasteiger partial charge < -0.3 is 15.1 Å². The summed E-state index contributed by atoms with van der Waals surface area (Å²) in [6, 6.07) is 19.9. The lowest BCUT2D eigenvalue weighted by atomic mass is 10.0. The van der Waals surface area contributed by atoms with Crippen molar-refractivity contribution in [2.45, 2.75) is 26.3 Å². The van der Waals surface area contributed by atoms with Crippen molar-refractivity contribution in [2.75, 3.05) is 32.7 Å². The van der Waals surface area contributed by atoms with E-state index >= 15 is 0 Å². The molecule has 3 atom stereocenters. The first-order valence-electron chi connectivity index (χ1n) is 11.4. The molecule has 2 saturated heterocycles. The van der Waals surface area contributed by atoms with Crippen molar-refractivity contribution in [1.29, 1.82) is 0 Å². The van der Waals surface area contributed by atoms with Crippen LogP contribution < -0.4 is 5.32 Å². The Kier molecular flexibility index (Phi) is 6.71. The Morgan fingerprint density at radius 2 is 1.48 bits per heavy atom. The molecule has 0 radical (unpaired) electrons. The van der Waals surface area contributed by atoms with E-state index in [1.54, 1.807) is 0 Å². The van der Waals surface area contributed by atoms with E-state index in [0.717, 1.165) is 50.3 Å². The normalized spacial score (nSPS) is 21.8. The van der Waals surface area contributed by atoms with Crippen LogP contribution in [0.3, 0.4) is 0 Å². The highest BCUT2D eigenvalue weighted by Gasteiger charge is 2.41. The fourth-order valence-corrected chi connectivity index (χ4v) is 4.86. The number of likely N-dealkylation sites (tertiary alicyclic amines) is 2. The van der Waals surface area contributed by atoms with E-state index in [-0.39, 0.29) is 23.8 Å². The van der Waals surface area contributed by atoms with Gasteiger partial charge in [0, 0.05) is 44.2 Å². The van der Waals surface area contributed by atoms with Gasteiger partial charge in [0.25, 0.3) is 5.91 Å². The molecular formula is C26H33N3O2. The largest absolute Gasteiger partial charge is 0.349 e. The highest BCUT2D eigenvalue weighted by Crippen LogP contribution is 2.32. The summed E-state index contributed by atoms with van der Waals surface area (Å²) >= 11 is 0. The SMILES string of the molecule is CC(C)C(=O)N[C@@H](CCN1C[C@@H]2CN(C(=O)c3ccccc3)C[C@@H]2C1)c1ccccc1. The zero-order valence-corrected chi connectivity index (χ0v) is 18.5. The molecule has 0 unspecified atom stereocenters. The second-order valence-corrected chi connectivity index (χ2v) is 9.27. The zero-order chi connectivity index (χ0) is 21.8. The van der Waals surface area contributed by atoms with Crippen LogP contribution in [0.1, 0.15) is 42.2 Å². The predicted octanol–water partition coefficient (Wildman–Crippen LogP) is 3.59. The summed E-state index contributed by atoms with van der Waals surface area (Å²) < 4.78 is 0. The molecule has 0 spiro atoms. The third kappa shape index (κ3) is 5.16. The Morgan fingerprint density at radius 3 is 2.06 bits per heavy atom. The summed E-state index contributed by atoms with van der Waals surface area (Å²) in [5, 5.41) is 3.23. The van der Waals surface area contributed by atoms with Crippen LogP contribution in [-0.2, 0) is 4.79 Å². The molecule has 2 aliphatic rings. The molecule has 2 aromatic carbocycles. The van der Waals surface area contributed by atoms with Crippen LogP contribution in [0.25, 0.3) is 0 Å². The minimum atomic E-state index is -0.0227. The van der Waals surface area contributed by atoms with Crippen molar-refractivity contribution in [3.63, 3.8) is 0 Å². The summed E-state index contributed by atoms with van der Waals surface area (Å²) in [5.74, 6) is 1.33. The number of fused-ring (bicyclic) bond motifs is 1. The number of benzene rings is 2. The molecule has 1 N–H and O–H groups in total. The topological polar surface area (TPSA) is 52.7 Å². The van der Waals surface area contributed by atoms with Gasteiger partial charge in [-0.15, -0.1) is 0 Å². The molecule has 0 aromatic heterocycles. The Labute approximate surface area is 185 Å². The molecule has 5 nitrogen and oxygen atoms in total. The average Bonchev–Trinajstić information content (AvgIpc) is 3.36. The van der Waals surface area contributed by atoms with Gasteiger partial charge >= 0.3 is 0 Å². The van der Waals surface area contributed by atoms with E-state index in [4.69, 9.17) is 0 Å². The number of carbonyl (C=O) groups excluding carboxylic acids is 2. The highest BCUT2D eigenvalue weighted by atomic mass is 16.2. The van der Waals surface area contributed by atoms with Gasteiger partial charge in [-0.05, 0) is 36.0 Å². The first kappa shape index (κ1) is 21.6. The molecule has 31 heavy (non-hydrogen) atoms. The molecule has 2 aliphatic heterocycles. The Bertz CT molecular complexity index is 870. The Balaban J connectivity index is 1.31. The van der Waals surface area contributed by atoms with Gasteiger partial charge in [0.15, 0.2) is 0 Å². The molecule has 5 heteroatoms. The molecular weight excluding hydrogens is 386 g/mol. The molecule has 0 bridgehead atoms. The van der Waals surface area contributed by atoms with E-state index < -0.39 is 0 Å². The van der Waals surface area contributed by atoms with E-state index in [0.29, 0.717) is 11.8 Å². The molecule has 0 aliphatic carbocycles. The number of nitrogens with zero attached hydrogens (tertiary/aromatic N) is 2. The second kappa shape index (κ2) is 9.65. The van der Waals surface area contributed by atoms with Gasteiger partial charge in [-0.2, -0.15) is 0 Å². The molecule has 2 amide bonds. The summed E-state index contributed by atoms with van der Waals surface area (Å²) in [6.45, 7) is 8.58. The van der Waals surface area contributed by atoms with E-state index in [9.17, 15) is 9.59 Å². The fourth-order valence-electron chi connectivity index (χ4n) is 4.86. The number of amides is 2. The van der Waals surface area contributed by atoms with Crippen LogP contribution in [0.15, 0.2) is 60.7 Å². The maximum absolute atomic E-state index is 12.8. The fraction of sp³-hybridized carbons (Fsp3) is 0.462. The molecule has 2 aromatic rings. The van der Waals surface area contributed by atoms with Crippen molar-refractivity contribution in [2.24, 2.45) is 17.8 Å². The van der Waals surface area contributed by atoms with Gasteiger partial charge in [-0.3, -0.25) is 9.59 Å². The minimum Gasteiger partial charge on any atom is -0.349 e. The summed E-state index contributed by atoms with van der Waals surface area (Å²) in [5.41, 5.74) is 1.95. The Morgan fingerprint density at radius 1 is 0.903 bits per heavy atom. The van der Waals surface area contributed by atoms with Crippen molar-refractivity contribution in [1.82, 2.24) is 15.1 Å². The summed E-state index contributed by atoms with van der Waals surface area (Å²) in [7, 11) is 0. The lowest BCUT2D eigenvalue weighted by Gasteiger charge is -2.25. The van der Waals surface area contributed by atoms with Crippen molar-refractivity contribution >= 4 is 11.8 Å². The van der Waals surface area contributed by atoms with Gasteiger partial charge in [0.2, 0.25) is 5.91 Å². The van der Waals surface area contributed by atoms with Crippen molar-refractivity contribution < 1.29 is 9.59 Å². The third-order valence-electron chi connectivity index (χ3n) is 6.65. The first-order valence-corrected chi connectivity index (χ1v) is 11.4. The van der Waals surface area contributed by atoms with Crippen LogP contribution >= 0.6 is 0 Å². The van der Waals surface area contributed by atoms with Crippen LogP contribution in [0.2, 0.25) is 0 Å². The van der Waals surface area contributed by atoms with Crippen molar-refractivity contribution in [3.05, 3.63) is 71.8 Å². The van der Waals surface area contributed by atoms with Crippen LogP contribution in [0.4, 0.5) is 0 Å². The zero-order valence-electron chi connectivity index (χ0n) is 18.5. The van der Waals surface area contributed by atoms with Gasteiger partial charge in [0.05, 0.1) is 6.04 Å². The molecule has 2 heterocycles. The maximum atomic E-state index is 12.8. The predicted molar refractivity (Wildman–Crippen MR) is 123 cm³/mol. The lowest BCUT2D eigenvalue weighted by Crippen LogP contribution is -2.36. The van der Waals surface area contributed by atoms with Crippen molar-refractivity contribution in [3.8, 4) is 0 Å². The molecule has 4 rings (SSSR count). The smallest absolute Gasteiger partial charge is 0.253 e. The summed E-state index contributed by atoms with van der Waals surface area (Å²) in [6.07, 6.45) is 0.897. The minimum absolute atomic E-state index is 0.0227. The van der Waals surface area contributed by atoms with Crippen LogP contribution in [0.5, 0.6) is 0 Å². The van der Waals surface area contributed by atoms with Gasteiger partial charge in [-0.1, -0.05) is 62.4 Å².